The molecule has 1 heterocycles. The van der Waals surface area contributed by atoms with Gasteiger partial charge in [0.25, 0.3) is 0 Å². The first-order chi connectivity index (χ1) is 9.69. The van der Waals surface area contributed by atoms with Crippen LogP contribution in [0.4, 0.5) is 4.39 Å². The third kappa shape index (κ3) is 4.14. The van der Waals surface area contributed by atoms with Crippen LogP contribution in [-0.4, -0.2) is 11.5 Å². The van der Waals surface area contributed by atoms with Crippen molar-refractivity contribution in [3.8, 4) is 0 Å². The standard InChI is InChI=1S/C17H21FN2/c1-3-6-20-17(11-14-4-7-19-8-5-14)15-9-13(2)10-16(18)12-15/h4-5,7-10,12,17,20H,3,6,11H2,1-2H3. The maximum Gasteiger partial charge on any atom is 0.123 e. The molecule has 0 aliphatic heterocycles. The van der Waals surface area contributed by atoms with Crippen molar-refractivity contribution < 1.29 is 4.39 Å². The summed E-state index contributed by atoms with van der Waals surface area (Å²) in [6, 6.07) is 9.39. The molecule has 0 radical (unpaired) electrons. The minimum atomic E-state index is -0.168. The first-order valence-corrected chi connectivity index (χ1v) is 7.08. The van der Waals surface area contributed by atoms with Crippen molar-refractivity contribution in [1.29, 1.82) is 0 Å². The monoisotopic (exact) mass is 272 g/mol. The van der Waals surface area contributed by atoms with E-state index in [9.17, 15) is 4.39 Å². The fourth-order valence-corrected chi connectivity index (χ4v) is 2.35. The molecule has 2 nitrogen and oxygen atoms in total. The fraction of sp³-hybridized carbons (Fsp3) is 0.353. The molecule has 0 fully saturated rings. The Balaban J connectivity index is 2.22. The molecule has 0 aliphatic rings. The molecule has 2 rings (SSSR count). The van der Waals surface area contributed by atoms with Gasteiger partial charge in [0.15, 0.2) is 0 Å². The molecule has 0 bridgehead atoms. The fourth-order valence-electron chi connectivity index (χ4n) is 2.35. The number of nitrogens with zero attached hydrogens (tertiary/aromatic N) is 1. The molecule has 2 aromatic rings. The van der Waals surface area contributed by atoms with Crippen LogP contribution in [0, 0.1) is 12.7 Å². The molecule has 1 aromatic heterocycles. The van der Waals surface area contributed by atoms with Crippen molar-refractivity contribution in [2.75, 3.05) is 6.54 Å². The Hall–Kier alpha value is -1.74. The first kappa shape index (κ1) is 14.7. The number of aromatic nitrogens is 1. The van der Waals surface area contributed by atoms with Gasteiger partial charge in [-0.1, -0.05) is 13.0 Å². The summed E-state index contributed by atoms with van der Waals surface area (Å²) in [5.41, 5.74) is 3.17. The number of aryl methyl sites for hydroxylation is 1. The van der Waals surface area contributed by atoms with Gasteiger partial charge in [0, 0.05) is 18.4 Å². The van der Waals surface area contributed by atoms with Gasteiger partial charge in [-0.2, -0.15) is 0 Å². The van der Waals surface area contributed by atoms with Gasteiger partial charge in [0.1, 0.15) is 5.82 Å². The highest BCUT2D eigenvalue weighted by atomic mass is 19.1. The molecular weight excluding hydrogens is 251 g/mol. The minimum absolute atomic E-state index is 0.131. The third-order valence-corrected chi connectivity index (χ3v) is 3.30. The zero-order chi connectivity index (χ0) is 14.4. The van der Waals surface area contributed by atoms with Gasteiger partial charge >= 0.3 is 0 Å². The molecule has 0 spiro atoms. The summed E-state index contributed by atoms with van der Waals surface area (Å²) in [5, 5.41) is 3.50. The average Bonchev–Trinajstić information content (AvgIpc) is 2.43. The van der Waals surface area contributed by atoms with Crippen molar-refractivity contribution in [3.63, 3.8) is 0 Å². The van der Waals surface area contributed by atoms with Gasteiger partial charge in [-0.25, -0.2) is 4.39 Å². The Bertz CT molecular complexity index is 520. The predicted octanol–water partition coefficient (Wildman–Crippen LogP) is 3.81. The van der Waals surface area contributed by atoms with Crippen LogP contribution >= 0.6 is 0 Å². The maximum atomic E-state index is 13.6. The summed E-state index contributed by atoms with van der Waals surface area (Å²) in [4.78, 5) is 4.04. The normalized spacial score (nSPS) is 12.3. The lowest BCUT2D eigenvalue weighted by Gasteiger charge is -2.20. The highest BCUT2D eigenvalue weighted by Crippen LogP contribution is 2.20. The van der Waals surface area contributed by atoms with Gasteiger partial charge in [-0.3, -0.25) is 4.98 Å². The molecule has 1 unspecified atom stereocenters. The molecule has 3 heteroatoms. The molecule has 20 heavy (non-hydrogen) atoms. The summed E-state index contributed by atoms with van der Waals surface area (Å²) in [6.45, 7) is 4.98. The van der Waals surface area contributed by atoms with E-state index in [-0.39, 0.29) is 11.9 Å². The van der Waals surface area contributed by atoms with Crippen LogP contribution in [0.1, 0.15) is 36.1 Å². The third-order valence-electron chi connectivity index (χ3n) is 3.30. The average molecular weight is 272 g/mol. The van der Waals surface area contributed by atoms with E-state index in [1.54, 1.807) is 24.5 Å². The second-order valence-corrected chi connectivity index (χ2v) is 5.13. The van der Waals surface area contributed by atoms with Gasteiger partial charge in [-0.05, 0) is 67.3 Å². The van der Waals surface area contributed by atoms with Crippen LogP contribution in [0.2, 0.25) is 0 Å². The summed E-state index contributed by atoms with van der Waals surface area (Å²) >= 11 is 0. The van der Waals surface area contributed by atoms with E-state index in [1.165, 1.54) is 5.56 Å². The van der Waals surface area contributed by atoms with E-state index in [4.69, 9.17) is 0 Å². The molecule has 1 atom stereocenters. The predicted molar refractivity (Wildman–Crippen MR) is 80.1 cm³/mol. The van der Waals surface area contributed by atoms with Crippen molar-refractivity contribution in [1.82, 2.24) is 10.3 Å². The zero-order valence-electron chi connectivity index (χ0n) is 12.1. The highest BCUT2D eigenvalue weighted by molar-refractivity contribution is 5.28. The topological polar surface area (TPSA) is 24.9 Å². The number of pyridine rings is 1. The molecule has 106 valence electrons. The van der Waals surface area contributed by atoms with Crippen LogP contribution < -0.4 is 5.32 Å². The van der Waals surface area contributed by atoms with E-state index in [1.807, 2.05) is 19.1 Å². The first-order valence-electron chi connectivity index (χ1n) is 7.08. The van der Waals surface area contributed by atoms with Crippen molar-refractivity contribution in [2.24, 2.45) is 0 Å². The number of halogens is 1. The summed E-state index contributed by atoms with van der Waals surface area (Å²) in [6.07, 6.45) is 5.48. The lowest BCUT2D eigenvalue weighted by Crippen LogP contribution is -2.24. The Morgan fingerprint density at radius 2 is 1.95 bits per heavy atom. The SMILES string of the molecule is CCCNC(Cc1ccncc1)c1cc(C)cc(F)c1. The second-order valence-electron chi connectivity index (χ2n) is 5.13. The molecular formula is C17H21FN2. The van der Waals surface area contributed by atoms with Crippen LogP contribution in [0.25, 0.3) is 0 Å². The molecule has 0 amide bonds. The molecule has 1 aromatic carbocycles. The van der Waals surface area contributed by atoms with Crippen molar-refractivity contribution in [2.45, 2.75) is 32.7 Å². The van der Waals surface area contributed by atoms with Crippen LogP contribution in [0.5, 0.6) is 0 Å². The quantitative estimate of drug-likeness (QED) is 0.865. The van der Waals surface area contributed by atoms with Crippen LogP contribution in [-0.2, 0) is 6.42 Å². The Kier molecular flexibility index (Phi) is 5.24. The Morgan fingerprint density at radius 1 is 1.20 bits per heavy atom. The molecule has 0 saturated carbocycles. The summed E-state index contributed by atoms with van der Waals surface area (Å²) in [5.74, 6) is -0.168. The van der Waals surface area contributed by atoms with E-state index in [2.05, 4.69) is 23.3 Å². The van der Waals surface area contributed by atoms with Gasteiger partial charge in [0.2, 0.25) is 0 Å². The number of rotatable bonds is 6. The summed E-state index contributed by atoms with van der Waals surface area (Å²) in [7, 11) is 0. The lowest BCUT2D eigenvalue weighted by molar-refractivity contribution is 0.523. The highest BCUT2D eigenvalue weighted by Gasteiger charge is 2.13. The molecule has 1 N–H and O–H groups in total. The van der Waals surface area contributed by atoms with E-state index in [0.717, 1.165) is 30.5 Å². The van der Waals surface area contributed by atoms with Gasteiger partial charge in [-0.15, -0.1) is 0 Å². The van der Waals surface area contributed by atoms with Gasteiger partial charge in [0.05, 0.1) is 0 Å². The number of nitrogens with one attached hydrogen (secondary N) is 1. The van der Waals surface area contributed by atoms with Crippen LogP contribution in [0.15, 0.2) is 42.7 Å². The second kappa shape index (κ2) is 7.15. The Morgan fingerprint density at radius 3 is 2.60 bits per heavy atom. The number of hydrogen-bond donors (Lipinski definition) is 1. The largest absolute Gasteiger partial charge is 0.310 e. The van der Waals surface area contributed by atoms with E-state index in [0.29, 0.717) is 0 Å². The number of hydrogen-bond acceptors (Lipinski definition) is 2. The Labute approximate surface area is 120 Å². The van der Waals surface area contributed by atoms with Gasteiger partial charge < -0.3 is 5.32 Å². The summed E-state index contributed by atoms with van der Waals surface area (Å²) < 4.78 is 13.6. The number of benzene rings is 1. The van der Waals surface area contributed by atoms with Crippen molar-refractivity contribution >= 4 is 0 Å². The zero-order valence-corrected chi connectivity index (χ0v) is 12.1. The smallest absolute Gasteiger partial charge is 0.123 e. The van der Waals surface area contributed by atoms with Crippen LogP contribution in [0.3, 0.4) is 0 Å². The van der Waals surface area contributed by atoms with E-state index < -0.39 is 0 Å². The molecule has 0 aliphatic carbocycles. The van der Waals surface area contributed by atoms with Crippen molar-refractivity contribution in [3.05, 3.63) is 65.2 Å². The maximum absolute atomic E-state index is 13.6. The minimum Gasteiger partial charge on any atom is -0.310 e. The molecule has 0 saturated heterocycles. The lowest BCUT2D eigenvalue weighted by atomic mass is 9.97. The van der Waals surface area contributed by atoms with E-state index >= 15 is 0 Å².